The molecule has 0 saturated heterocycles. The van der Waals surface area contributed by atoms with Crippen molar-refractivity contribution in [3.05, 3.63) is 89.0 Å². The first kappa shape index (κ1) is 19.4. The SMILES string of the molecule is COc1ccc(-n2nc(C)c([C@H]3C=C[C@@H](NCc4ccc(F)cc4)C3)c2C)cc1. The second-order valence-corrected chi connectivity index (χ2v) is 7.54. The van der Waals surface area contributed by atoms with Crippen LogP contribution < -0.4 is 10.1 Å². The number of benzene rings is 2. The summed E-state index contributed by atoms with van der Waals surface area (Å²) >= 11 is 0. The second kappa shape index (κ2) is 8.21. The average Bonchev–Trinajstić information content (AvgIpc) is 3.31. The molecule has 4 nitrogen and oxygen atoms in total. The first-order chi connectivity index (χ1) is 14.0. The molecule has 0 saturated carbocycles. The quantitative estimate of drug-likeness (QED) is 0.611. The molecule has 2 aromatic carbocycles. The maximum Gasteiger partial charge on any atom is 0.123 e. The minimum absolute atomic E-state index is 0.200. The molecule has 0 aliphatic heterocycles. The van der Waals surface area contributed by atoms with Crippen LogP contribution in [-0.2, 0) is 6.54 Å². The summed E-state index contributed by atoms with van der Waals surface area (Å²) < 4.78 is 20.3. The zero-order chi connectivity index (χ0) is 20.4. The normalized spacial score (nSPS) is 18.3. The molecule has 29 heavy (non-hydrogen) atoms. The third kappa shape index (κ3) is 4.10. The largest absolute Gasteiger partial charge is 0.497 e. The molecule has 4 rings (SSSR count). The van der Waals surface area contributed by atoms with Crippen LogP contribution in [0.15, 0.2) is 60.7 Å². The van der Waals surface area contributed by atoms with Crippen molar-refractivity contribution in [3.8, 4) is 11.4 Å². The van der Waals surface area contributed by atoms with E-state index in [-0.39, 0.29) is 5.82 Å². The molecule has 0 amide bonds. The first-order valence-corrected chi connectivity index (χ1v) is 9.92. The average molecular weight is 391 g/mol. The van der Waals surface area contributed by atoms with E-state index in [4.69, 9.17) is 9.84 Å². The Morgan fingerprint density at radius 1 is 1.07 bits per heavy atom. The number of ether oxygens (including phenoxy) is 1. The van der Waals surface area contributed by atoms with E-state index in [0.717, 1.165) is 35.7 Å². The van der Waals surface area contributed by atoms with Gasteiger partial charge < -0.3 is 10.1 Å². The maximum absolute atomic E-state index is 13.1. The van der Waals surface area contributed by atoms with Gasteiger partial charge in [-0.25, -0.2) is 9.07 Å². The Kier molecular flexibility index (Phi) is 5.49. The van der Waals surface area contributed by atoms with Gasteiger partial charge in [0.1, 0.15) is 11.6 Å². The highest BCUT2D eigenvalue weighted by atomic mass is 19.1. The fourth-order valence-electron chi connectivity index (χ4n) is 4.08. The standard InChI is InChI=1S/C24H26FN3O/c1-16-24(17(2)28(27-16)22-10-12-23(29-3)13-11-22)19-6-9-21(14-19)26-15-18-4-7-20(25)8-5-18/h4-13,19,21,26H,14-15H2,1-3H3/t19-,21+/m0/s1. The molecular formula is C24H26FN3O. The number of halogens is 1. The molecule has 1 heterocycles. The fourth-order valence-corrected chi connectivity index (χ4v) is 4.08. The zero-order valence-corrected chi connectivity index (χ0v) is 17.0. The van der Waals surface area contributed by atoms with E-state index in [0.29, 0.717) is 12.0 Å². The number of rotatable bonds is 6. The fraction of sp³-hybridized carbons (Fsp3) is 0.292. The lowest BCUT2D eigenvalue weighted by atomic mass is 9.96. The van der Waals surface area contributed by atoms with E-state index in [1.807, 2.05) is 41.1 Å². The van der Waals surface area contributed by atoms with Gasteiger partial charge in [0.2, 0.25) is 0 Å². The van der Waals surface area contributed by atoms with Crippen molar-refractivity contribution < 1.29 is 9.13 Å². The monoisotopic (exact) mass is 391 g/mol. The van der Waals surface area contributed by atoms with Gasteiger partial charge in [0, 0.05) is 29.8 Å². The van der Waals surface area contributed by atoms with Gasteiger partial charge in [0.15, 0.2) is 0 Å². The van der Waals surface area contributed by atoms with Crippen molar-refractivity contribution >= 4 is 0 Å². The topological polar surface area (TPSA) is 39.1 Å². The lowest BCUT2D eigenvalue weighted by Gasteiger charge is -2.15. The Balaban J connectivity index is 1.45. The minimum atomic E-state index is -0.200. The lowest BCUT2D eigenvalue weighted by Crippen LogP contribution is -2.25. The molecule has 0 spiro atoms. The summed E-state index contributed by atoms with van der Waals surface area (Å²) in [5.74, 6) is 0.978. The molecule has 0 unspecified atom stereocenters. The number of aryl methyl sites for hydroxylation is 1. The molecule has 0 radical (unpaired) electrons. The highest BCUT2D eigenvalue weighted by Gasteiger charge is 2.26. The highest BCUT2D eigenvalue weighted by Crippen LogP contribution is 2.34. The van der Waals surface area contributed by atoms with Crippen LogP contribution in [0.5, 0.6) is 5.75 Å². The summed E-state index contributed by atoms with van der Waals surface area (Å²) in [4.78, 5) is 0. The first-order valence-electron chi connectivity index (χ1n) is 9.92. The number of allylic oxidation sites excluding steroid dienone is 1. The molecule has 5 heteroatoms. The number of nitrogens with zero attached hydrogens (tertiary/aromatic N) is 2. The number of methoxy groups -OCH3 is 1. The molecule has 3 aromatic rings. The van der Waals surface area contributed by atoms with Crippen LogP contribution in [0.1, 0.15) is 34.9 Å². The van der Waals surface area contributed by atoms with Gasteiger partial charge in [-0.05, 0) is 62.2 Å². The van der Waals surface area contributed by atoms with Crippen LogP contribution >= 0.6 is 0 Å². The van der Waals surface area contributed by atoms with Crippen molar-refractivity contribution in [2.75, 3.05) is 7.11 Å². The molecule has 0 bridgehead atoms. The Hall–Kier alpha value is -2.92. The molecule has 0 fully saturated rings. The molecule has 1 aromatic heterocycles. The van der Waals surface area contributed by atoms with E-state index < -0.39 is 0 Å². The van der Waals surface area contributed by atoms with Crippen LogP contribution in [0, 0.1) is 19.7 Å². The summed E-state index contributed by atoms with van der Waals surface area (Å²) in [7, 11) is 1.67. The molecule has 1 aliphatic rings. The Bertz CT molecular complexity index is 1010. The number of hydrogen-bond acceptors (Lipinski definition) is 3. The summed E-state index contributed by atoms with van der Waals surface area (Å²) in [5.41, 5.74) is 5.64. The Labute approximate surface area is 171 Å². The van der Waals surface area contributed by atoms with Crippen LogP contribution in [0.3, 0.4) is 0 Å². The highest BCUT2D eigenvalue weighted by molar-refractivity contribution is 5.43. The smallest absolute Gasteiger partial charge is 0.123 e. The predicted molar refractivity (Wildman–Crippen MR) is 113 cm³/mol. The van der Waals surface area contributed by atoms with Gasteiger partial charge in [-0.1, -0.05) is 24.3 Å². The lowest BCUT2D eigenvalue weighted by molar-refractivity contribution is 0.414. The van der Waals surface area contributed by atoms with Gasteiger partial charge in [0.25, 0.3) is 0 Å². The summed E-state index contributed by atoms with van der Waals surface area (Å²) in [6.45, 7) is 4.94. The Morgan fingerprint density at radius 3 is 2.48 bits per heavy atom. The zero-order valence-electron chi connectivity index (χ0n) is 17.0. The van der Waals surface area contributed by atoms with Crippen molar-refractivity contribution in [2.24, 2.45) is 0 Å². The molecule has 1 N–H and O–H groups in total. The van der Waals surface area contributed by atoms with Gasteiger partial charge in [-0.2, -0.15) is 5.10 Å². The van der Waals surface area contributed by atoms with Crippen LogP contribution in [-0.4, -0.2) is 22.9 Å². The summed E-state index contributed by atoms with van der Waals surface area (Å²) in [6, 6.07) is 14.9. The van der Waals surface area contributed by atoms with Crippen LogP contribution in [0.2, 0.25) is 0 Å². The van der Waals surface area contributed by atoms with Crippen molar-refractivity contribution in [2.45, 2.75) is 38.8 Å². The van der Waals surface area contributed by atoms with E-state index in [9.17, 15) is 4.39 Å². The predicted octanol–water partition coefficient (Wildman–Crippen LogP) is 4.84. The van der Waals surface area contributed by atoms with Gasteiger partial charge in [-0.15, -0.1) is 0 Å². The van der Waals surface area contributed by atoms with Crippen LogP contribution in [0.4, 0.5) is 4.39 Å². The summed E-state index contributed by atoms with van der Waals surface area (Å²) in [5, 5.41) is 8.35. The number of hydrogen-bond donors (Lipinski definition) is 1. The van der Waals surface area contributed by atoms with E-state index in [1.54, 1.807) is 7.11 Å². The van der Waals surface area contributed by atoms with E-state index in [2.05, 4.69) is 31.3 Å². The van der Waals surface area contributed by atoms with Gasteiger partial charge >= 0.3 is 0 Å². The number of nitrogens with one attached hydrogen (secondary N) is 1. The molecular weight excluding hydrogens is 365 g/mol. The van der Waals surface area contributed by atoms with E-state index >= 15 is 0 Å². The molecule has 1 aliphatic carbocycles. The van der Waals surface area contributed by atoms with Crippen molar-refractivity contribution in [1.29, 1.82) is 0 Å². The molecule has 2 atom stereocenters. The summed E-state index contributed by atoms with van der Waals surface area (Å²) in [6.07, 6.45) is 5.51. The van der Waals surface area contributed by atoms with E-state index in [1.165, 1.54) is 23.4 Å². The minimum Gasteiger partial charge on any atom is -0.497 e. The third-order valence-corrected chi connectivity index (χ3v) is 5.60. The van der Waals surface area contributed by atoms with Crippen molar-refractivity contribution in [1.82, 2.24) is 15.1 Å². The maximum atomic E-state index is 13.1. The Morgan fingerprint density at radius 2 is 1.79 bits per heavy atom. The van der Waals surface area contributed by atoms with Crippen LogP contribution in [0.25, 0.3) is 5.69 Å². The third-order valence-electron chi connectivity index (χ3n) is 5.60. The second-order valence-electron chi connectivity index (χ2n) is 7.54. The van der Waals surface area contributed by atoms with Gasteiger partial charge in [0.05, 0.1) is 18.5 Å². The van der Waals surface area contributed by atoms with Crippen molar-refractivity contribution in [3.63, 3.8) is 0 Å². The molecule has 150 valence electrons. The number of aromatic nitrogens is 2. The van der Waals surface area contributed by atoms with Gasteiger partial charge in [-0.3, -0.25) is 0 Å².